The van der Waals surface area contributed by atoms with Crippen molar-refractivity contribution in [1.82, 2.24) is 9.97 Å². The van der Waals surface area contributed by atoms with Crippen molar-refractivity contribution in [2.45, 2.75) is 13.8 Å². The molecular formula is C19H18N2O3. The summed E-state index contributed by atoms with van der Waals surface area (Å²) in [5.41, 5.74) is 4.20. The monoisotopic (exact) mass is 322 g/mol. The Morgan fingerprint density at radius 3 is 2.67 bits per heavy atom. The molecule has 0 aliphatic rings. The molecule has 0 atom stereocenters. The number of methoxy groups -OCH3 is 1. The van der Waals surface area contributed by atoms with Crippen molar-refractivity contribution in [3.8, 4) is 22.9 Å². The van der Waals surface area contributed by atoms with Gasteiger partial charge in [-0.3, -0.25) is 0 Å². The SMILES string of the molecule is C=C(C)C(=O)Oc1ccc(-c2nc3ccc(C)cc3[nH]2)cc1OC. The Morgan fingerprint density at radius 2 is 1.96 bits per heavy atom. The quantitative estimate of drug-likeness (QED) is 0.447. The van der Waals surface area contributed by atoms with E-state index in [9.17, 15) is 4.79 Å². The number of fused-ring (bicyclic) bond motifs is 1. The first-order valence-electron chi connectivity index (χ1n) is 7.50. The van der Waals surface area contributed by atoms with Gasteiger partial charge in [0.1, 0.15) is 5.82 Å². The van der Waals surface area contributed by atoms with Gasteiger partial charge in [0.05, 0.1) is 18.1 Å². The Labute approximate surface area is 139 Å². The number of aromatic nitrogens is 2. The number of benzene rings is 2. The molecule has 1 heterocycles. The number of nitrogens with zero attached hydrogens (tertiary/aromatic N) is 1. The first-order chi connectivity index (χ1) is 11.5. The van der Waals surface area contributed by atoms with Crippen LogP contribution in [0.25, 0.3) is 22.4 Å². The highest BCUT2D eigenvalue weighted by atomic mass is 16.6. The number of carbonyl (C=O) groups is 1. The Bertz CT molecular complexity index is 941. The largest absolute Gasteiger partial charge is 0.493 e. The normalized spacial score (nSPS) is 10.6. The molecule has 1 aromatic heterocycles. The van der Waals surface area contributed by atoms with E-state index in [2.05, 4.69) is 16.5 Å². The number of rotatable bonds is 4. The summed E-state index contributed by atoms with van der Waals surface area (Å²) in [7, 11) is 1.53. The molecule has 5 nitrogen and oxygen atoms in total. The first kappa shape index (κ1) is 15.8. The van der Waals surface area contributed by atoms with Gasteiger partial charge in [-0.15, -0.1) is 0 Å². The number of carbonyl (C=O) groups excluding carboxylic acids is 1. The number of aryl methyl sites for hydroxylation is 1. The average Bonchev–Trinajstić information content (AvgIpc) is 2.98. The Morgan fingerprint density at radius 1 is 1.17 bits per heavy atom. The lowest BCUT2D eigenvalue weighted by Gasteiger charge is -2.10. The number of nitrogens with one attached hydrogen (secondary N) is 1. The predicted octanol–water partition coefficient (Wildman–Crippen LogP) is 4.03. The fourth-order valence-electron chi connectivity index (χ4n) is 2.35. The van der Waals surface area contributed by atoms with Gasteiger partial charge in [0.25, 0.3) is 0 Å². The highest BCUT2D eigenvalue weighted by molar-refractivity contribution is 5.89. The fraction of sp³-hybridized carbons (Fsp3) is 0.158. The lowest BCUT2D eigenvalue weighted by Crippen LogP contribution is -2.09. The third kappa shape index (κ3) is 3.01. The Kier molecular flexibility index (Phi) is 4.08. The van der Waals surface area contributed by atoms with Crippen LogP contribution in [0.15, 0.2) is 48.6 Å². The molecule has 3 rings (SSSR count). The second-order valence-electron chi connectivity index (χ2n) is 5.64. The molecule has 0 unspecified atom stereocenters. The topological polar surface area (TPSA) is 64.2 Å². The van der Waals surface area contributed by atoms with Gasteiger partial charge in [-0.05, 0) is 49.7 Å². The molecule has 0 aliphatic heterocycles. The zero-order valence-electron chi connectivity index (χ0n) is 13.8. The lowest BCUT2D eigenvalue weighted by atomic mass is 10.2. The Balaban J connectivity index is 1.98. The van der Waals surface area contributed by atoms with Crippen LogP contribution in [0.3, 0.4) is 0 Å². The maximum absolute atomic E-state index is 11.7. The second kappa shape index (κ2) is 6.20. The van der Waals surface area contributed by atoms with Crippen molar-refractivity contribution >= 4 is 17.0 Å². The molecule has 24 heavy (non-hydrogen) atoms. The molecule has 0 bridgehead atoms. The summed E-state index contributed by atoms with van der Waals surface area (Å²) in [5, 5.41) is 0. The molecule has 0 fully saturated rings. The van der Waals surface area contributed by atoms with Crippen molar-refractivity contribution in [3.05, 3.63) is 54.1 Å². The zero-order chi connectivity index (χ0) is 17.3. The van der Waals surface area contributed by atoms with E-state index in [4.69, 9.17) is 9.47 Å². The molecule has 2 aromatic carbocycles. The van der Waals surface area contributed by atoms with Crippen molar-refractivity contribution in [3.63, 3.8) is 0 Å². The third-order valence-corrected chi connectivity index (χ3v) is 3.63. The van der Waals surface area contributed by atoms with Crippen molar-refractivity contribution in [2.24, 2.45) is 0 Å². The van der Waals surface area contributed by atoms with Gasteiger partial charge in [-0.2, -0.15) is 0 Å². The highest BCUT2D eigenvalue weighted by Gasteiger charge is 2.13. The molecular weight excluding hydrogens is 304 g/mol. The molecule has 0 radical (unpaired) electrons. The number of hydrogen-bond donors (Lipinski definition) is 1. The number of ether oxygens (including phenoxy) is 2. The molecule has 1 N–H and O–H groups in total. The van der Waals surface area contributed by atoms with Gasteiger partial charge in [0.2, 0.25) is 0 Å². The molecule has 0 spiro atoms. The van der Waals surface area contributed by atoms with Crippen LogP contribution in [0.1, 0.15) is 12.5 Å². The fourth-order valence-corrected chi connectivity index (χ4v) is 2.35. The summed E-state index contributed by atoms with van der Waals surface area (Å²) in [5.74, 6) is 1.05. The highest BCUT2D eigenvalue weighted by Crippen LogP contribution is 2.32. The van der Waals surface area contributed by atoms with E-state index in [1.54, 1.807) is 19.1 Å². The van der Waals surface area contributed by atoms with Crippen LogP contribution in [0.4, 0.5) is 0 Å². The molecule has 122 valence electrons. The lowest BCUT2D eigenvalue weighted by molar-refractivity contribution is -0.130. The standard InChI is InChI=1S/C19H18N2O3/c1-11(2)19(22)24-16-8-6-13(10-17(16)23-4)18-20-14-7-5-12(3)9-15(14)21-18/h5-10H,1H2,2-4H3,(H,20,21). The van der Waals surface area contributed by atoms with Gasteiger partial charge in [-0.1, -0.05) is 12.6 Å². The van der Waals surface area contributed by atoms with Gasteiger partial charge in [0.15, 0.2) is 11.5 Å². The van der Waals surface area contributed by atoms with Gasteiger partial charge in [-0.25, -0.2) is 9.78 Å². The minimum atomic E-state index is -0.486. The van der Waals surface area contributed by atoms with Gasteiger partial charge in [0, 0.05) is 11.1 Å². The summed E-state index contributed by atoms with van der Waals surface area (Å²) in [4.78, 5) is 19.6. The van der Waals surface area contributed by atoms with Crippen LogP contribution < -0.4 is 9.47 Å². The number of hydrogen-bond acceptors (Lipinski definition) is 4. The van der Waals surface area contributed by atoms with E-state index < -0.39 is 5.97 Å². The molecule has 0 saturated heterocycles. The van der Waals surface area contributed by atoms with E-state index in [-0.39, 0.29) is 0 Å². The molecule has 0 aliphatic carbocycles. The molecule has 0 amide bonds. The van der Waals surface area contributed by atoms with Crippen LogP contribution in [0.2, 0.25) is 0 Å². The Hall–Kier alpha value is -3.08. The van der Waals surface area contributed by atoms with E-state index in [1.165, 1.54) is 7.11 Å². The summed E-state index contributed by atoms with van der Waals surface area (Å²) in [6, 6.07) is 11.3. The predicted molar refractivity (Wildman–Crippen MR) is 93.3 cm³/mol. The third-order valence-electron chi connectivity index (χ3n) is 3.63. The first-order valence-corrected chi connectivity index (χ1v) is 7.50. The van der Waals surface area contributed by atoms with Crippen molar-refractivity contribution in [2.75, 3.05) is 7.11 Å². The van der Waals surface area contributed by atoms with E-state index in [0.29, 0.717) is 17.1 Å². The number of esters is 1. The zero-order valence-corrected chi connectivity index (χ0v) is 13.8. The van der Waals surface area contributed by atoms with Crippen LogP contribution in [0, 0.1) is 6.92 Å². The minimum absolute atomic E-state index is 0.328. The van der Waals surface area contributed by atoms with Crippen LogP contribution in [-0.2, 0) is 4.79 Å². The molecule has 5 heteroatoms. The van der Waals surface area contributed by atoms with E-state index in [1.807, 2.05) is 31.2 Å². The van der Waals surface area contributed by atoms with Crippen LogP contribution in [-0.4, -0.2) is 23.0 Å². The van der Waals surface area contributed by atoms with Gasteiger partial charge >= 0.3 is 5.97 Å². The van der Waals surface area contributed by atoms with E-state index in [0.717, 1.165) is 28.0 Å². The summed E-state index contributed by atoms with van der Waals surface area (Å²) in [6.45, 7) is 7.21. The number of H-pyrrole nitrogens is 1. The van der Waals surface area contributed by atoms with Gasteiger partial charge < -0.3 is 14.5 Å². The number of imidazole rings is 1. The maximum atomic E-state index is 11.7. The number of aromatic amines is 1. The molecule has 0 saturated carbocycles. The average molecular weight is 322 g/mol. The summed E-state index contributed by atoms with van der Waals surface area (Å²) < 4.78 is 10.6. The van der Waals surface area contributed by atoms with Crippen LogP contribution in [0.5, 0.6) is 11.5 Å². The molecule has 3 aromatic rings. The summed E-state index contributed by atoms with van der Waals surface area (Å²) >= 11 is 0. The minimum Gasteiger partial charge on any atom is -0.493 e. The van der Waals surface area contributed by atoms with Crippen molar-refractivity contribution in [1.29, 1.82) is 0 Å². The van der Waals surface area contributed by atoms with Crippen LogP contribution >= 0.6 is 0 Å². The van der Waals surface area contributed by atoms with Crippen molar-refractivity contribution < 1.29 is 14.3 Å². The second-order valence-corrected chi connectivity index (χ2v) is 5.64. The maximum Gasteiger partial charge on any atom is 0.338 e. The smallest absolute Gasteiger partial charge is 0.338 e. The summed E-state index contributed by atoms with van der Waals surface area (Å²) in [6.07, 6.45) is 0. The van der Waals surface area contributed by atoms with E-state index >= 15 is 0 Å².